The van der Waals surface area contributed by atoms with Gasteiger partial charge in [-0.1, -0.05) is 17.7 Å². The zero-order valence-electron chi connectivity index (χ0n) is 15.8. The minimum absolute atomic E-state index is 0.0528. The van der Waals surface area contributed by atoms with Gasteiger partial charge in [-0.15, -0.1) is 0 Å². The van der Waals surface area contributed by atoms with Crippen LogP contribution in [-0.2, 0) is 0 Å². The average molecular weight is 366 g/mol. The summed E-state index contributed by atoms with van der Waals surface area (Å²) in [6, 6.07) is 15.0. The Hall–Kier alpha value is -2.82. The van der Waals surface area contributed by atoms with Gasteiger partial charge >= 0.3 is 6.03 Å². The van der Waals surface area contributed by atoms with Crippen molar-refractivity contribution in [3.63, 3.8) is 0 Å². The average Bonchev–Trinajstić information content (AvgIpc) is 2.66. The summed E-state index contributed by atoms with van der Waals surface area (Å²) in [4.78, 5) is 23.5. The lowest BCUT2D eigenvalue weighted by Gasteiger charge is -2.29. The van der Waals surface area contributed by atoms with Crippen molar-refractivity contribution in [2.75, 3.05) is 5.32 Å². The van der Waals surface area contributed by atoms with Crippen molar-refractivity contribution in [2.45, 2.75) is 51.7 Å². The van der Waals surface area contributed by atoms with E-state index in [1.807, 2.05) is 43.3 Å². The third-order valence-electron chi connectivity index (χ3n) is 4.88. The van der Waals surface area contributed by atoms with Crippen LogP contribution in [-0.4, -0.2) is 24.0 Å². The molecule has 27 heavy (non-hydrogen) atoms. The molecule has 0 bridgehead atoms. The standard InChI is InChI=1S/C22H26N2O3/c1-15-3-7-18(8-4-15)23-22(26)24-19-9-13-21(14-10-19)27-20-11-5-17(6-12-20)16(2)25/h3-8,11-12,19,21H,9-10,13-14H2,1-2H3,(H2,23,24,26). The third kappa shape index (κ3) is 5.58. The zero-order valence-corrected chi connectivity index (χ0v) is 15.8. The van der Waals surface area contributed by atoms with Crippen molar-refractivity contribution < 1.29 is 14.3 Å². The summed E-state index contributed by atoms with van der Waals surface area (Å²) >= 11 is 0. The fourth-order valence-electron chi connectivity index (χ4n) is 3.28. The molecule has 1 fully saturated rings. The number of carbonyl (C=O) groups is 2. The molecule has 0 atom stereocenters. The van der Waals surface area contributed by atoms with Crippen LogP contribution < -0.4 is 15.4 Å². The van der Waals surface area contributed by atoms with Crippen LogP contribution in [0, 0.1) is 6.92 Å². The molecule has 0 heterocycles. The van der Waals surface area contributed by atoms with Crippen LogP contribution in [0.4, 0.5) is 10.5 Å². The Kier molecular flexibility index (Phi) is 6.12. The molecule has 1 saturated carbocycles. The number of rotatable bonds is 5. The van der Waals surface area contributed by atoms with Gasteiger partial charge in [0.25, 0.3) is 0 Å². The molecule has 2 aromatic rings. The van der Waals surface area contributed by atoms with E-state index in [4.69, 9.17) is 4.74 Å². The molecule has 142 valence electrons. The van der Waals surface area contributed by atoms with E-state index in [9.17, 15) is 9.59 Å². The Morgan fingerprint density at radius 3 is 2.15 bits per heavy atom. The zero-order chi connectivity index (χ0) is 19.2. The molecule has 1 aliphatic rings. The Morgan fingerprint density at radius 2 is 1.56 bits per heavy atom. The largest absolute Gasteiger partial charge is 0.490 e. The summed E-state index contributed by atoms with van der Waals surface area (Å²) < 4.78 is 6.01. The highest BCUT2D eigenvalue weighted by atomic mass is 16.5. The molecule has 2 N–H and O–H groups in total. The van der Waals surface area contributed by atoms with E-state index in [0.29, 0.717) is 5.56 Å². The highest BCUT2D eigenvalue weighted by Gasteiger charge is 2.23. The lowest BCUT2D eigenvalue weighted by molar-refractivity contribution is 0.101. The topological polar surface area (TPSA) is 67.4 Å². The van der Waals surface area contributed by atoms with E-state index in [1.165, 1.54) is 0 Å². The second kappa shape index (κ2) is 8.71. The first kappa shape index (κ1) is 19.0. The molecule has 3 rings (SSSR count). The molecule has 2 aromatic carbocycles. The molecular formula is C22H26N2O3. The molecule has 0 aromatic heterocycles. The highest BCUT2D eigenvalue weighted by Crippen LogP contribution is 2.24. The van der Waals surface area contributed by atoms with Crippen molar-refractivity contribution in [2.24, 2.45) is 0 Å². The Balaban J connectivity index is 1.42. The van der Waals surface area contributed by atoms with Crippen molar-refractivity contribution in [3.8, 4) is 5.75 Å². The number of benzene rings is 2. The van der Waals surface area contributed by atoms with E-state index in [2.05, 4.69) is 10.6 Å². The van der Waals surface area contributed by atoms with Crippen molar-refractivity contribution in [1.29, 1.82) is 0 Å². The number of nitrogens with one attached hydrogen (secondary N) is 2. The molecule has 5 heteroatoms. The summed E-state index contributed by atoms with van der Waals surface area (Å²) in [5.41, 5.74) is 2.65. The second-order valence-electron chi connectivity index (χ2n) is 7.14. The van der Waals surface area contributed by atoms with Crippen molar-refractivity contribution in [1.82, 2.24) is 5.32 Å². The number of amides is 2. The normalized spacial score (nSPS) is 19.2. The van der Waals surface area contributed by atoms with Crippen LogP contribution in [0.15, 0.2) is 48.5 Å². The van der Waals surface area contributed by atoms with Crippen LogP contribution in [0.3, 0.4) is 0 Å². The number of hydrogen-bond acceptors (Lipinski definition) is 3. The Bertz CT molecular complexity index is 776. The number of Topliss-reactive ketones (excluding diaryl/α,β-unsaturated/α-hetero) is 1. The number of anilines is 1. The van der Waals surface area contributed by atoms with Crippen LogP contribution in [0.2, 0.25) is 0 Å². The first-order valence-electron chi connectivity index (χ1n) is 9.41. The van der Waals surface area contributed by atoms with Gasteiger partial charge in [-0.25, -0.2) is 4.79 Å². The SMILES string of the molecule is CC(=O)c1ccc(OC2CCC(NC(=O)Nc3ccc(C)cc3)CC2)cc1. The monoisotopic (exact) mass is 366 g/mol. The number of urea groups is 1. The van der Waals surface area contributed by atoms with E-state index < -0.39 is 0 Å². The fourth-order valence-corrected chi connectivity index (χ4v) is 3.28. The molecular weight excluding hydrogens is 340 g/mol. The minimum Gasteiger partial charge on any atom is -0.490 e. The molecule has 0 radical (unpaired) electrons. The van der Waals surface area contributed by atoms with Gasteiger partial charge < -0.3 is 15.4 Å². The van der Waals surface area contributed by atoms with E-state index in [1.54, 1.807) is 19.1 Å². The van der Waals surface area contributed by atoms with Gasteiger partial charge in [0.2, 0.25) is 0 Å². The number of ether oxygens (including phenoxy) is 1. The van der Waals surface area contributed by atoms with Gasteiger partial charge in [-0.3, -0.25) is 4.79 Å². The molecule has 0 saturated heterocycles. The Labute approximate surface area is 160 Å². The number of carbonyl (C=O) groups excluding carboxylic acids is 2. The third-order valence-corrected chi connectivity index (χ3v) is 4.88. The predicted octanol–water partition coefficient (Wildman–Crippen LogP) is 4.71. The van der Waals surface area contributed by atoms with Gasteiger partial charge in [0.15, 0.2) is 5.78 Å². The van der Waals surface area contributed by atoms with E-state index >= 15 is 0 Å². The fraction of sp³-hybridized carbons (Fsp3) is 0.364. The number of hydrogen-bond donors (Lipinski definition) is 2. The molecule has 2 amide bonds. The van der Waals surface area contributed by atoms with Crippen LogP contribution in [0.25, 0.3) is 0 Å². The first-order chi connectivity index (χ1) is 13.0. The lowest BCUT2D eigenvalue weighted by atomic mass is 9.93. The van der Waals surface area contributed by atoms with Gasteiger partial charge in [0, 0.05) is 17.3 Å². The molecule has 0 spiro atoms. The summed E-state index contributed by atoms with van der Waals surface area (Å²) in [5.74, 6) is 0.838. The molecule has 5 nitrogen and oxygen atoms in total. The summed E-state index contributed by atoms with van der Waals surface area (Å²) in [5, 5.41) is 5.92. The minimum atomic E-state index is -0.164. The maximum atomic E-state index is 12.1. The summed E-state index contributed by atoms with van der Waals surface area (Å²) in [6.45, 7) is 3.57. The molecule has 0 aliphatic heterocycles. The summed E-state index contributed by atoms with van der Waals surface area (Å²) in [7, 11) is 0. The summed E-state index contributed by atoms with van der Waals surface area (Å²) in [6.07, 6.45) is 3.70. The smallest absolute Gasteiger partial charge is 0.319 e. The highest BCUT2D eigenvalue weighted by molar-refractivity contribution is 5.94. The van der Waals surface area contributed by atoms with Crippen molar-refractivity contribution >= 4 is 17.5 Å². The Morgan fingerprint density at radius 1 is 0.926 bits per heavy atom. The second-order valence-corrected chi connectivity index (χ2v) is 7.14. The first-order valence-corrected chi connectivity index (χ1v) is 9.41. The maximum Gasteiger partial charge on any atom is 0.319 e. The molecule has 1 aliphatic carbocycles. The quantitative estimate of drug-likeness (QED) is 0.753. The number of ketones is 1. The predicted molar refractivity (Wildman–Crippen MR) is 106 cm³/mol. The van der Waals surface area contributed by atoms with Crippen LogP contribution >= 0.6 is 0 Å². The van der Waals surface area contributed by atoms with E-state index in [-0.39, 0.29) is 24.0 Å². The maximum absolute atomic E-state index is 12.1. The molecule has 0 unspecified atom stereocenters. The van der Waals surface area contributed by atoms with Gasteiger partial charge in [0.05, 0.1) is 6.10 Å². The van der Waals surface area contributed by atoms with E-state index in [0.717, 1.165) is 42.7 Å². The van der Waals surface area contributed by atoms with Crippen molar-refractivity contribution in [3.05, 3.63) is 59.7 Å². The van der Waals surface area contributed by atoms with Gasteiger partial charge in [-0.05, 0) is 75.9 Å². The van der Waals surface area contributed by atoms with Gasteiger partial charge in [0.1, 0.15) is 5.75 Å². The van der Waals surface area contributed by atoms with Gasteiger partial charge in [-0.2, -0.15) is 0 Å². The number of aryl methyl sites for hydroxylation is 1. The van der Waals surface area contributed by atoms with Crippen LogP contribution in [0.5, 0.6) is 5.75 Å². The van der Waals surface area contributed by atoms with Crippen LogP contribution in [0.1, 0.15) is 48.5 Å². The lowest BCUT2D eigenvalue weighted by Crippen LogP contribution is -2.41.